The maximum absolute atomic E-state index is 10.4. The fraction of sp³-hybridized carbons (Fsp3) is 0.429. The first-order valence-electron chi connectivity index (χ1n) is 3.26. The minimum atomic E-state index is -2.02. The topological polar surface area (TPSA) is 40.1 Å². The molecule has 3 atom stereocenters. The summed E-state index contributed by atoms with van der Waals surface area (Å²) in [5.41, 5.74) is 0. The van der Waals surface area contributed by atoms with Gasteiger partial charge in [0.1, 0.15) is 0 Å². The monoisotopic (exact) mass is 155 g/mol. The van der Waals surface area contributed by atoms with Gasteiger partial charge in [0.05, 0.1) is 0 Å². The molecule has 0 radical (unpaired) electrons. The lowest BCUT2D eigenvalue weighted by Gasteiger charge is -2.07. The van der Waals surface area contributed by atoms with Gasteiger partial charge in [-0.15, -0.1) is 0 Å². The van der Waals surface area contributed by atoms with Crippen LogP contribution in [0.5, 0.6) is 0 Å². The summed E-state index contributed by atoms with van der Waals surface area (Å²) in [6, 6.07) is 0. The molecule has 0 amide bonds. The fourth-order valence-electron chi connectivity index (χ4n) is 1.24. The highest BCUT2D eigenvalue weighted by atomic mass is 32.2. The third-order valence-electron chi connectivity index (χ3n) is 1.97. The zero-order valence-electron chi connectivity index (χ0n) is 5.32. The lowest BCUT2D eigenvalue weighted by molar-refractivity contribution is 0.544. The van der Waals surface area contributed by atoms with Crippen molar-refractivity contribution < 1.29 is 8.76 Å². The molecule has 0 spiro atoms. The van der Waals surface area contributed by atoms with Crippen molar-refractivity contribution in [1.29, 1.82) is 0 Å². The van der Waals surface area contributed by atoms with Crippen molar-refractivity contribution in [2.24, 2.45) is 11.8 Å². The standard InChI is InChI=1S/C7H8O2S/c8-10(9)7-2-1-5-3-6(5)4-7/h1-2,4-6H,3H2,(H,8,9)/p-1. The van der Waals surface area contributed by atoms with Gasteiger partial charge in [0.25, 0.3) is 0 Å². The van der Waals surface area contributed by atoms with E-state index in [1.165, 1.54) is 0 Å². The number of hydrogen-bond acceptors (Lipinski definition) is 2. The molecular formula is C7H7O2S-. The summed E-state index contributed by atoms with van der Waals surface area (Å²) >= 11 is -2.02. The molecule has 3 unspecified atom stereocenters. The number of allylic oxidation sites excluding steroid dienone is 3. The molecule has 0 saturated heterocycles. The Morgan fingerprint density at radius 1 is 1.60 bits per heavy atom. The number of hydrogen-bond donors (Lipinski definition) is 0. The average Bonchev–Trinajstić information content (AvgIpc) is 2.63. The van der Waals surface area contributed by atoms with E-state index in [1.54, 1.807) is 6.08 Å². The molecule has 0 bridgehead atoms. The molecule has 3 heteroatoms. The zero-order chi connectivity index (χ0) is 7.14. The van der Waals surface area contributed by atoms with Crippen molar-refractivity contribution in [2.75, 3.05) is 0 Å². The smallest absolute Gasteiger partial charge is 0.0208 e. The SMILES string of the molecule is O=S([O-])C1=CC2CC2C=C1. The van der Waals surface area contributed by atoms with Gasteiger partial charge in [0.15, 0.2) is 0 Å². The van der Waals surface area contributed by atoms with E-state index in [2.05, 4.69) is 0 Å². The Hall–Kier alpha value is -0.410. The van der Waals surface area contributed by atoms with Gasteiger partial charge in [0, 0.05) is 4.91 Å². The summed E-state index contributed by atoms with van der Waals surface area (Å²) in [5.74, 6) is 1.17. The lowest BCUT2D eigenvalue weighted by Crippen LogP contribution is -1.94. The molecule has 0 heterocycles. The molecule has 1 fully saturated rings. The molecule has 10 heavy (non-hydrogen) atoms. The summed E-state index contributed by atoms with van der Waals surface area (Å²) < 4.78 is 20.8. The fourth-order valence-corrected chi connectivity index (χ4v) is 1.72. The van der Waals surface area contributed by atoms with Crippen LogP contribution in [-0.2, 0) is 11.1 Å². The molecule has 2 nitrogen and oxygen atoms in total. The van der Waals surface area contributed by atoms with Crippen molar-refractivity contribution >= 4 is 11.1 Å². The third kappa shape index (κ3) is 0.954. The van der Waals surface area contributed by atoms with Gasteiger partial charge in [-0.2, -0.15) is 0 Å². The van der Waals surface area contributed by atoms with Crippen LogP contribution in [0.4, 0.5) is 0 Å². The first kappa shape index (κ1) is 6.31. The molecule has 0 aromatic carbocycles. The molecular weight excluding hydrogens is 148 g/mol. The van der Waals surface area contributed by atoms with E-state index in [1.807, 2.05) is 12.2 Å². The first-order valence-corrected chi connectivity index (χ1v) is 4.34. The van der Waals surface area contributed by atoms with Gasteiger partial charge in [0.2, 0.25) is 0 Å². The van der Waals surface area contributed by atoms with E-state index in [0.29, 0.717) is 16.7 Å². The third-order valence-corrected chi connectivity index (χ3v) is 2.63. The van der Waals surface area contributed by atoms with Crippen LogP contribution >= 0.6 is 0 Å². The molecule has 0 aromatic heterocycles. The van der Waals surface area contributed by atoms with Crippen LogP contribution in [0.2, 0.25) is 0 Å². The normalized spacial score (nSPS) is 38.3. The summed E-state index contributed by atoms with van der Waals surface area (Å²) in [6.45, 7) is 0. The predicted molar refractivity (Wildman–Crippen MR) is 37.7 cm³/mol. The summed E-state index contributed by atoms with van der Waals surface area (Å²) in [5, 5.41) is 0. The van der Waals surface area contributed by atoms with Gasteiger partial charge in [-0.1, -0.05) is 18.2 Å². The molecule has 2 aliphatic carbocycles. The second kappa shape index (κ2) is 2.04. The summed E-state index contributed by atoms with van der Waals surface area (Å²) in [4.78, 5) is 0.457. The Balaban J connectivity index is 2.23. The first-order chi connectivity index (χ1) is 4.77. The van der Waals surface area contributed by atoms with Gasteiger partial charge < -0.3 is 4.55 Å². The highest BCUT2D eigenvalue weighted by Crippen LogP contribution is 2.44. The van der Waals surface area contributed by atoms with Gasteiger partial charge in [-0.25, -0.2) is 0 Å². The van der Waals surface area contributed by atoms with Crippen LogP contribution in [0, 0.1) is 11.8 Å². The Kier molecular flexibility index (Phi) is 1.28. The molecule has 2 rings (SSSR count). The van der Waals surface area contributed by atoms with Crippen molar-refractivity contribution in [2.45, 2.75) is 6.42 Å². The van der Waals surface area contributed by atoms with E-state index < -0.39 is 11.1 Å². The zero-order valence-corrected chi connectivity index (χ0v) is 6.14. The lowest BCUT2D eigenvalue weighted by atomic mass is 10.2. The largest absolute Gasteiger partial charge is 0.768 e. The summed E-state index contributed by atoms with van der Waals surface area (Å²) in [7, 11) is 0. The molecule has 0 aliphatic heterocycles. The maximum atomic E-state index is 10.4. The van der Waals surface area contributed by atoms with Gasteiger partial charge >= 0.3 is 0 Å². The Bertz CT molecular complexity index is 242. The van der Waals surface area contributed by atoms with Crippen LogP contribution in [0.1, 0.15) is 6.42 Å². The molecule has 0 N–H and O–H groups in total. The van der Waals surface area contributed by atoms with Crippen LogP contribution in [0.25, 0.3) is 0 Å². The highest BCUT2D eigenvalue weighted by molar-refractivity contribution is 7.83. The molecule has 0 aromatic rings. The van der Waals surface area contributed by atoms with Gasteiger partial charge in [-0.05, 0) is 29.3 Å². The van der Waals surface area contributed by atoms with Crippen LogP contribution in [0.3, 0.4) is 0 Å². The van der Waals surface area contributed by atoms with E-state index >= 15 is 0 Å². The van der Waals surface area contributed by atoms with E-state index in [0.717, 1.165) is 6.42 Å². The predicted octanol–water partition coefficient (Wildman–Crippen LogP) is 0.955. The molecule has 1 saturated carbocycles. The molecule has 2 aliphatic rings. The van der Waals surface area contributed by atoms with Crippen molar-refractivity contribution in [3.8, 4) is 0 Å². The Morgan fingerprint density at radius 3 is 3.00 bits per heavy atom. The van der Waals surface area contributed by atoms with Crippen LogP contribution in [0.15, 0.2) is 23.1 Å². The van der Waals surface area contributed by atoms with E-state index in [4.69, 9.17) is 0 Å². The summed E-state index contributed by atoms with van der Waals surface area (Å²) in [6.07, 6.45) is 6.65. The minimum absolute atomic E-state index is 0.457. The minimum Gasteiger partial charge on any atom is -0.768 e. The second-order valence-corrected chi connectivity index (χ2v) is 3.67. The van der Waals surface area contributed by atoms with Crippen LogP contribution in [-0.4, -0.2) is 8.76 Å². The van der Waals surface area contributed by atoms with Crippen molar-refractivity contribution in [3.05, 3.63) is 23.1 Å². The number of rotatable bonds is 1. The van der Waals surface area contributed by atoms with Gasteiger partial charge in [-0.3, -0.25) is 4.21 Å². The van der Waals surface area contributed by atoms with Crippen LogP contribution < -0.4 is 0 Å². The highest BCUT2D eigenvalue weighted by Gasteiger charge is 2.34. The van der Waals surface area contributed by atoms with Crippen molar-refractivity contribution in [1.82, 2.24) is 0 Å². The second-order valence-electron chi connectivity index (χ2n) is 2.73. The number of fused-ring (bicyclic) bond motifs is 1. The average molecular weight is 155 g/mol. The maximum Gasteiger partial charge on any atom is 0.0208 e. The Labute approximate surface area is 61.9 Å². The van der Waals surface area contributed by atoms with Crippen molar-refractivity contribution in [3.63, 3.8) is 0 Å². The molecule has 54 valence electrons. The Morgan fingerprint density at radius 2 is 2.40 bits per heavy atom. The van der Waals surface area contributed by atoms with E-state index in [9.17, 15) is 8.76 Å². The quantitative estimate of drug-likeness (QED) is 0.529. The van der Waals surface area contributed by atoms with E-state index in [-0.39, 0.29) is 0 Å².